The predicted octanol–water partition coefficient (Wildman–Crippen LogP) is 6.19. The number of nitrogens with zero attached hydrogens (tertiary/aromatic N) is 1. The normalized spacial score (nSPS) is 53.3. The molecule has 6 saturated carbocycles. The number of carbonyl (C=O) groups is 3. The highest BCUT2D eigenvalue weighted by molar-refractivity contribution is 5.94. The minimum Gasteiger partial charge on any atom is -0.469 e. The van der Waals surface area contributed by atoms with Crippen LogP contribution in [0.4, 0.5) is 0 Å². The smallest absolute Gasteiger partial charge is 0.339 e. The maximum absolute atomic E-state index is 16.1. The number of ether oxygens (including phenoxy) is 4. The summed E-state index contributed by atoms with van der Waals surface area (Å²) in [6.45, 7) is 12.4. The van der Waals surface area contributed by atoms with Crippen molar-refractivity contribution in [1.82, 2.24) is 10.2 Å². The Labute approximate surface area is 405 Å². The molecule has 13 aliphatic rings. The Morgan fingerprint density at radius 2 is 1.88 bits per heavy atom. The number of rotatable bonds is 10. The van der Waals surface area contributed by atoms with E-state index in [4.69, 9.17) is 23.4 Å². The van der Waals surface area contributed by atoms with Crippen molar-refractivity contribution in [2.75, 3.05) is 26.4 Å². The number of aliphatic hydroxyl groups is 3. The predicted molar refractivity (Wildman–Crippen MR) is 248 cm³/mol. The van der Waals surface area contributed by atoms with Crippen molar-refractivity contribution in [2.45, 2.75) is 165 Å². The van der Waals surface area contributed by atoms with Crippen LogP contribution in [0.25, 0.3) is 0 Å². The maximum atomic E-state index is 16.1. The number of epoxide rings is 1. The van der Waals surface area contributed by atoms with E-state index in [0.717, 1.165) is 83.8 Å². The van der Waals surface area contributed by atoms with Crippen molar-refractivity contribution < 1.29 is 53.1 Å². The number of nitrogens with one attached hydrogen (secondary N) is 1. The quantitative estimate of drug-likeness (QED) is 0.119. The lowest BCUT2D eigenvalue weighted by molar-refractivity contribution is -0.280. The van der Waals surface area contributed by atoms with Gasteiger partial charge in [-0.1, -0.05) is 59.1 Å². The Hall–Kier alpha value is -3.07. The molecule has 8 heterocycles. The molecule has 14 rings (SSSR count). The van der Waals surface area contributed by atoms with Gasteiger partial charge in [-0.3, -0.25) is 14.9 Å². The molecule has 7 aliphatic heterocycles. The van der Waals surface area contributed by atoms with Crippen molar-refractivity contribution in [3.63, 3.8) is 0 Å². The zero-order chi connectivity index (χ0) is 47.6. The van der Waals surface area contributed by atoms with E-state index in [1.807, 2.05) is 13.0 Å². The Kier molecular flexibility index (Phi) is 9.29. The topological polar surface area (TPSA) is 181 Å². The Balaban J connectivity index is 0.894. The third-order valence-corrected chi connectivity index (χ3v) is 23.6. The van der Waals surface area contributed by atoms with Gasteiger partial charge in [0.05, 0.1) is 48.5 Å². The molecule has 0 aromatic carbocycles. The third kappa shape index (κ3) is 4.99. The molecule has 1 aromatic heterocycles. The summed E-state index contributed by atoms with van der Waals surface area (Å²) in [7, 11) is 0. The zero-order valence-electron chi connectivity index (χ0n) is 41.2. The van der Waals surface area contributed by atoms with E-state index in [2.05, 4.69) is 56.3 Å². The molecule has 5 bridgehead atoms. The fourth-order valence-corrected chi connectivity index (χ4v) is 21.6. The van der Waals surface area contributed by atoms with Crippen LogP contribution in [-0.4, -0.2) is 106 Å². The van der Waals surface area contributed by atoms with Gasteiger partial charge in [0.15, 0.2) is 11.9 Å². The summed E-state index contributed by atoms with van der Waals surface area (Å²) in [6, 6.07) is 2.38. The molecule has 69 heavy (non-hydrogen) atoms. The van der Waals surface area contributed by atoms with Crippen molar-refractivity contribution in [3.05, 3.63) is 47.6 Å². The SMILES string of the molecule is CCC[C@H](C)C[C@@H]1C=C2C[C@H]3CCC[C@]34C[C@@H]3C[C@@]5(C)[C@H](c6ccoc6C[C@@H]([C@H]6CC[C@H]7[C@H](C=CN8CNC[C@H]78)C6)[C@H](O)CO)OC(=O)[C@H]6O[C@]65[C@]5(C)[C@H](O)C(=O)[C@@H]6[C@@]1(C)O[C@]21[C@H]4C(=O)OC[C@@]61[C@@H]35. The van der Waals surface area contributed by atoms with Gasteiger partial charge in [0.2, 0.25) is 0 Å². The molecule has 0 unspecified atom stereocenters. The van der Waals surface area contributed by atoms with Crippen LogP contribution in [0.15, 0.2) is 40.7 Å². The summed E-state index contributed by atoms with van der Waals surface area (Å²) in [5.41, 5.74) is -5.14. The second kappa shape index (κ2) is 14.4. The highest BCUT2D eigenvalue weighted by Gasteiger charge is 2.97. The second-order valence-electron chi connectivity index (χ2n) is 26.0. The summed E-state index contributed by atoms with van der Waals surface area (Å²) in [4.78, 5) is 48.4. The first-order valence-electron chi connectivity index (χ1n) is 27.3. The molecule has 23 atom stereocenters. The van der Waals surface area contributed by atoms with Gasteiger partial charge >= 0.3 is 11.9 Å². The summed E-state index contributed by atoms with van der Waals surface area (Å²) in [5, 5.41) is 39.2. The number of fused-ring (bicyclic) bond motifs is 5. The van der Waals surface area contributed by atoms with Gasteiger partial charge in [0.1, 0.15) is 35.8 Å². The molecule has 5 saturated heterocycles. The molecule has 4 spiro atoms. The number of cyclic esters (lactones) is 2. The summed E-state index contributed by atoms with van der Waals surface area (Å²) in [6.07, 6.45) is 15.6. The summed E-state index contributed by atoms with van der Waals surface area (Å²) >= 11 is 0. The number of hydrogen-bond acceptors (Lipinski definition) is 13. The van der Waals surface area contributed by atoms with Crippen LogP contribution in [0.1, 0.15) is 129 Å². The fourth-order valence-electron chi connectivity index (χ4n) is 21.6. The largest absolute Gasteiger partial charge is 0.469 e. The second-order valence-corrected chi connectivity index (χ2v) is 26.0. The number of Topliss-reactive ketones (excluding diaryl/α,β-unsaturated/α-hetero) is 1. The van der Waals surface area contributed by atoms with E-state index in [0.29, 0.717) is 48.0 Å². The standard InChI is InChI=1S/C56H74N2O11/c1-6-8-28(2)17-33-20-34-19-32-9-7-14-53(32)23-31-22-50(3)46(36-13-16-65-40(36)21-37(39(60)25-59)29-10-11-35-30(18-29)12-15-58-27-57-24-38(35)58)67-49(64)47-56(50,68-47)51(4)42(31)54-26-66-48(63)44(53)55(34,54)69-52(33,5)43(54)41(61)45(51)62/h12-13,15-16,20,28-33,35,37-39,42-47,57,59-60,62H,6-11,14,17-19,21-27H2,1-5H3/t28-,29-,30+,31-,32+,33+,35-,37-,38+,39+,42-,43+,44-,45+,46-,47+,50-,51-,52-,53-,54+,55-,56+/m0/s1. The number of carbonyl (C=O) groups excluding carboxylic acids is 3. The number of ketones is 1. The average molecular weight is 951 g/mol. The summed E-state index contributed by atoms with van der Waals surface area (Å²) in [5.74, 6) is -0.907. The van der Waals surface area contributed by atoms with Crippen LogP contribution in [0.5, 0.6) is 0 Å². The van der Waals surface area contributed by atoms with Crippen LogP contribution in [-0.2, 0) is 39.8 Å². The lowest BCUT2D eigenvalue weighted by Gasteiger charge is -2.70. The number of furan rings is 1. The average Bonchev–Trinajstić information content (AvgIpc) is 3.62. The molecular formula is C56H74N2O11. The van der Waals surface area contributed by atoms with E-state index >= 15 is 9.59 Å². The van der Waals surface area contributed by atoms with Crippen LogP contribution in [0.2, 0.25) is 0 Å². The van der Waals surface area contributed by atoms with Gasteiger partial charge in [-0.15, -0.1) is 0 Å². The first-order valence-corrected chi connectivity index (χ1v) is 27.3. The van der Waals surface area contributed by atoms with Crippen LogP contribution in [0, 0.1) is 86.8 Å². The molecule has 0 radical (unpaired) electrons. The zero-order valence-corrected chi connectivity index (χ0v) is 41.2. The first-order chi connectivity index (χ1) is 33.1. The van der Waals surface area contributed by atoms with E-state index in [9.17, 15) is 20.1 Å². The molecule has 13 heteroatoms. The molecule has 6 aliphatic carbocycles. The van der Waals surface area contributed by atoms with E-state index in [-0.39, 0.29) is 60.5 Å². The molecule has 374 valence electrons. The Morgan fingerprint density at radius 1 is 1.04 bits per heavy atom. The van der Waals surface area contributed by atoms with Crippen molar-refractivity contribution in [2.24, 2.45) is 86.8 Å². The Morgan fingerprint density at radius 3 is 2.70 bits per heavy atom. The number of esters is 2. The Bertz CT molecular complexity index is 2450. The lowest BCUT2D eigenvalue weighted by Crippen LogP contribution is -2.80. The minimum atomic E-state index is -1.49. The van der Waals surface area contributed by atoms with E-state index in [1.54, 1.807) is 6.26 Å². The number of hydrogen-bond donors (Lipinski definition) is 4. The molecule has 11 fully saturated rings. The van der Waals surface area contributed by atoms with E-state index < -0.39 is 80.7 Å². The molecule has 13 nitrogen and oxygen atoms in total. The first kappa shape index (κ1) is 44.6. The molecule has 0 amide bonds. The van der Waals surface area contributed by atoms with Gasteiger partial charge in [-0.2, -0.15) is 0 Å². The lowest BCUT2D eigenvalue weighted by atomic mass is 9.33. The van der Waals surface area contributed by atoms with Gasteiger partial charge in [0, 0.05) is 41.3 Å². The van der Waals surface area contributed by atoms with Crippen LogP contribution < -0.4 is 5.32 Å². The van der Waals surface area contributed by atoms with Gasteiger partial charge in [-0.05, 0) is 135 Å². The monoisotopic (exact) mass is 951 g/mol. The third-order valence-electron chi connectivity index (χ3n) is 23.6. The van der Waals surface area contributed by atoms with Crippen molar-refractivity contribution in [3.8, 4) is 0 Å². The molecular weight excluding hydrogens is 877 g/mol. The van der Waals surface area contributed by atoms with Crippen LogP contribution >= 0.6 is 0 Å². The van der Waals surface area contributed by atoms with Crippen LogP contribution in [0.3, 0.4) is 0 Å². The van der Waals surface area contributed by atoms with Crippen molar-refractivity contribution >= 4 is 17.7 Å². The fraction of sp³-hybridized carbons (Fsp3) is 0.804. The maximum Gasteiger partial charge on any atom is 0.339 e. The van der Waals surface area contributed by atoms with Gasteiger partial charge in [0.25, 0.3) is 0 Å². The summed E-state index contributed by atoms with van der Waals surface area (Å²) < 4.78 is 34.8. The minimum absolute atomic E-state index is 0.0350. The van der Waals surface area contributed by atoms with Gasteiger partial charge in [-0.25, -0.2) is 4.79 Å². The van der Waals surface area contributed by atoms with Crippen molar-refractivity contribution in [1.29, 1.82) is 0 Å². The molecule has 1 aromatic rings. The molecule has 4 N–H and O–H groups in total. The van der Waals surface area contributed by atoms with Gasteiger partial charge < -0.3 is 43.6 Å². The van der Waals surface area contributed by atoms with E-state index in [1.165, 1.54) is 5.57 Å². The highest BCUT2D eigenvalue weighted by Crippen LogP contribution is 2.88. The number of aliphatic hydroxyl groups excluding tert-OH is 3. The highest BCUT2D eigenvalue weighted by atomic mass is 16.7. The number of allylic oxidation sites excluding steroid dienone is 1.